The summed E-state index contributed by atoms with van der Waals surface area (Å²) < 4.78 is 39.2. The van der Waals surface area contributed by atoms with Crippen molar-refractivity contribution >= 4 is 0 Å². The van der Waals surface area contributed by atoms with Crippen molar-refractivity contribution in [1.29, 1.82) is 0 Å². The molecule has 0 amide bonds. The van der Waals surface area contributed by atoms with Crippen LogP contribution < -0.4 is 5.73 Å². The fourth-order valence-electron chi connectivity index (χ4n) is 2.29. The molecule has 0 saturated carbocycles. The zero-order chi connectivity index (χ0) is 13.1. The SMILES string of the molecule is NC(C1=CCCCCC1)c1cc(F)c(F)c(F)c1. The van der Waals surface area contributed by atoms with Crippen molar-refractivity contribution in [2.45, 2.75) is 38.1 Å². The van der Waals surface area contributed by atoms with Crippen molar-refractivity contribution in [2.24, 2.45) is 5.73 Å². The van der Waals surface area contributed by atoms with E-state index in [0.29, 0.717) is 5.56 Å². The van der Waals surface area contributed by atoms with E-state index < -0.39 is 23.5 Å². The molecule has 0 heterocycles. The Kier molecular flexibility index (Phi) is 4.07. The summed E-state index contributed by atoms with van der Waals surface area (Å²) in [4.78, 5) is 0. The summed E-state index contributed by atoms with van der Waals surface area (Å²) in [6.07, 6.45) is 7.10. The summed E-state index contributed by atoms with van der Waals surface area (Å²) in [5.41, 5.74) is 7.28. The van der Waals surface area contributed by atoms with Gasteiger partial charge in [0.2, 0.25) is 0 Å². The van der Waals surface area contributed by atoms with Crippen LogP contribution in [0.15, 0.2) is 23.8 Å². The number of allylic oxidation sites excluding steroid dienone is 1. The normalized spacial score (nSPS) is 18.1. The molecule has 1 aromatic carbocycles. The lowest BCUT2D eigenvalue weighted by Crippen LogP contribution is -2.14. The summed E-state index contributed by atoms with van der Waals surface area (Å²) >= 11 is 0. The molecule has 0 fully saturated rings. The van der Waals surface area contributed by atoms with Gasteiger partial charge in [0.25, 0.3) is 0 Å². The second-order valence-electron chi connectivity index (χ2n) is 4.65. The van der Waals surface area contributed by atoms with Gasteiger partial charge in [-0.3, -0.25) is 0 Å². The fourth-order valence-corrected chi connectivity index (χ4v) is 2.29. The number of hydrogen-bond acceptors (Lipinski definition) is 1. The van der Waals surface area contributed by atoms with Crippen molar-refractivity contribution in [2.75, 3.05) is 0 Å². The van der Waals surface area contributed by atoms with E-state index in [0.717, 1.165) is 49.8 Å². The topological polar surface area (TPSA) is 26.0 Å². The minimum Gasteiger partial charge on any atom is -0.321 e. The molecule has 98 valence electrons. The number of rotatable bonds is 2. The van der Waals surface area contributed by atoms with Crippen LogP contribution >= 0.6 is 0 Å². The molecule has 0 aliphatic heterocycles. The third-order valence-corrected chi connectivity index (χ3v) is 3.34. The molecule has 0 aromatic heterocycles. The van der Waals surface area contributed by atoms with Crippen molar-refractivity contribution in [3.63, 3.8) is 0 Å². The van der Waals surface area contributed by atoms with Crippen LogP contribution in [0.5, 0.6) is 0 Å². The standard InChI is InChI=1S/C14H16F3N/c15-11-7-10(8-12(16)13(11)17)14(18)9-5-3-1-2-4-6-9/h5,7-8,14H,1-4,6,18H2. The summed E-state index contributed by atoms with van der Waals surface area (Å²) in [6.45, 7) is 0. The van der Waals surface area contributed by atoms with Crippen molar-refractivity contribution in [3.8, 4) is 0 Å². The first kappa shape index (κ1) is 13.1. The van der Waals surface area contributed by atoms with Gasteiger partial charge in [-0.15, -0.1) is 0 Å². The van der Waals surface area contributed by atoms with Crippen LogP contribution in [0.2, 0.25) is 0 Å². The zero-order valence-corrected chi connectivity index (χ0v) is 10.1. The average Bonchev–Trinajstić information content (AvgIpc) is 2.63. The lowest BCUT2D eigenvalue weighted by molar-refractivity contribution is 0.444. The lowest BCUT2D eigenvalue weighted by Gasteiger charge is -2.16. The van der Waals surface area contributed by atoms with Gasteiger partial charge in [0.1, 0.15) is 0 Å². The Hall–Kier alpha value is -1.29. The van der Waals surface area contributed by atoms with E-state index in [1.807, 2.05) is 6.08 Å². The third kappa shape index (κ3) is 2.75. The Balaban J connectivity index is 2.27. The summed E-state index contributed by atoms with van der Waals surface area (Å²) in [7, 11) is 0. The largest absolute Gasteiger partial charge is 0.321 e. The van der Waals surface area contributed by atoms with E-state index in [1.165, 1.54) is 0 Å². The Morgan fingerprint density at radius 2 is 1.67 bits per heavy atom. The van der Waals surface area contributed by atoms with Gasteiger partial charge in [-0.25, -0.2) is 13.2 Å². The molecular weight excluding hydrogens is 239 g/mol. The monoisotopic (exact) mass is 255 g/mol. The zero-order valence-electron chi connectivity index (χ0n) is 10.1. The van der Waals surface area contributed by atoms with Crippen molar-refractivity contribution in [3.05, 3.63) is 46.8 Å². The maximum absolute atomic E-state index is 13.2. The van der Waals surface area contributed by atoms with Crippen LogP contribution in [0, 0.1) is 17.5 Å². The van der Waals surface area contributed by atoms with E-state index >= 15 is 0 Å². The highest BCUT2D eigenvalue weighted by atomic mass is 19.2. The van der Waals surface area contributed by atoms with E-state index in [4.69, 9.17) is 5.73 Å². The lowest BCUT2D eigenvalue weighted by atomic mass is 9.96. The fraction of sp³-hybridized carbons (Fsp3) is 0.429. The highest BCUT2D eigenvalue weighted by Crippen LogP contribution is 2.28. The Morgan fingerprint density at radius 1 is 1.00 bits per heavy atom. The smallest absolute Gasteiger partial charge is 0.194 e. The van der Waals surface area contributed by atoms with Crippen LogP contribution in [0.25, 0.3) is 0 Å². The highest BCUT2D eigenvalue weighted by Gasteiger charge is 2.18. The van der Waals surface area contributed by atoms with Gasteiger partial charge in [0.15, 0.2) is 17.5 Å². The number of benzene rings is 1. The first-order valence-corrected chi connectivity index (χ1v) is 6.18. The number of halogens is 3. The van der Waals surface area contributed by atoms with Gasteiger partial charge < -0.3 is 5.73 Å². The van der Waals surface area contributed by atoms with Crippen LogP contribution in [-0.4, -0.2) is 0 Å². The summed E-state index contributed by atoms with van der Waals surface area (Å²) in [5.74, 6) is -3.81. The first-order valence-electron chi connectivity index (χ1n) is 6.18. The molecule has 4 heteroatoms. The molecule has 0 radical (unpaired) electrons. The van der Waals surface area contributed by atoms with Crippen LogP contribution in [0.4, 0.5) is 13.2 Å². The van der Waals surface area contributed by atoms with E-state index in [9.17, 15) is 13.2 Å². The molecule has 0 saturated heterocycles. The Bertz CT molecular complexity index is 445. The number of hydrogen-bond donors (Lipinski definition) is 1. The van der Waals surface area contributed by atoms with Gasteiger partial charge in [-0.05, 0) is 43.4 Å². The second-order valence-corrected chi connectivity index (χ2v) is 4.65. The quantitative estimate of drug-likeness (QED) is 0.627. The third-order valence-electron chi connectivity index (χ3n) is 3.34. The second kappa shape index (κ2) is 5.57. The summed E-state index contributed by atoms with van der Waals surface area (Å²) in [6, 6.07) is 1.41. The minimum absolute atomic E-state index is 0.291. The van der Waals surface area contributed by atoms with Crippen LogP contribution in [0.3, 0.4) is 0 Å². The molecule has 1 aliphatic rings. The Morgan fingerprint density at radius 3 is 2.33 bits per heavy atom. The molecule has 0 spiro atoms. The van der Waals surface area contributed by atoms with Gasteiger partial charge in [0, 0.05) is 0 Å². The van der Waals surface area contributed by atoms with Gasteiger partial charge in [0.05, 0.1) is 6.04 Å². The van der Waals surface area contributed by atoms with Crippen LogP contribution in [-0.2, 0) is 0 Å². The Labute approximate surface area is 104 Å². The molecule has 2 N–H and O–H groups in total. The van der Waals surface area contributed by atoms with Gasteiger partial charge in [-0.1, -0.05) is 18.1 Å². The van der Waals surface area contributed by atoms with Crippen molar-refractivity contribution in [1.82, 2.24) is 0 Å². The van der Waals surface area contributed by atoms with Crippen molar-refractivity contribution < 1.29 is 13.2 Å². The summed E-state index contributed by atoms with van der Waals surface area (Å²) in [5, 5.41) is 0. The van der Waals surface area contributed by atoms with E-state index in [-0.39, 0.29) is 0 Å². The minimum atomic E-state index is -1.44. The maximum atomic E-state index is 13.2. The molecule has 1 nitrogen and oxygen atoms in total. The molecular formula is C14H16F3N. The predicted molar refractivity (Wildman–Crippen MR) is 64.4 cm³/mol. The molecule has 18 heavy (non-hydrogen) atoms. The van der Waals surface area contributed by atoms with E-state index in [2.05, 4.69) is 0 Å². The molecule has 0 bridgehead atoms. The number of nitrogens with two attached hydrogens (primary N) is 1. The van der Waals surface area contributed by atoms with Gasteiger partial charge in [-0.2, -0.15) is 0 Å². The highest BCUT2D eigenvalue weighted by molar-refractivity contribution is 5.29. The molecule has 1 aromatic rings. The first-order chi connectivity index (χ1) is 8.59. The molecule has 2 rings (SSSR count). The maximum Gasteiger partial charge on any atom is 0.194 e. The molecule has 1 unspecified atom stereocenters. The average molecular weight is 255 g/mol. The van der Waals surface area contributed by atoms with E-state index in [1.54, 1.807) is 0 Å². The van der Waals surface area contributed by atoms with Crippen LogP contribution in [0.1, 0.15) is 43.7 Å². The van der Waals surface area contributed by atoms with Gasteiger partial charge >= 0.3 is 0 Å². The molecule has 1 atom stereocenters. The predicted octanol–water partition coefficient (Wildman–Crippen LogP) is 3.99. The molecule has 1 aliphatic carbocycles.